The molecule has 9 heteroatoms. The lowest BCUT2D eigenvalue weighted by Gasteiger charge is -2.24. The van der Waals surface area contributed by atoms with E-state index in [0.717, 1.165) is 34.5 Å². The number of hydrazone groups is 2. The van der Waals surface area contributed by atoms with Crippen LogP contribution in [0, 0.1) is 17.0 Å². The van der Waals surface area contributed by atoms with Gasteiger partial charge in [-0.05, 0) is 53.9 Å². The molecule has 5 rings (SSSR count). The number of amides is 1. The molecule has 1 atom stereocenters. The quantitative estimate of drug-likeness (QED) is 0.161. The van der Waals surface area contributed by atoms with E-state index < -0.39 is 10.8 Å². The van der Waals surface area contributed by atoms with Crippen LogP contribution in [0.4, 0.5) is 11.4 Å². The fourth-order valence-corrected chi connectivity index (χ4v) is 4.50. The summed E-state index contributed by atoms with van der Waals surface area (Å²) in [6.07, 6.45) is 2.23. The molecule has 8 nitrogen and oxygen atoms in total. The van der Waals surface area contributed by atoms with Crippen molar-refractivity contribution in [3.05, 3.63) is 140 Å². The number of carbonyl (C=O) groups excluding carboxylic acids is 1. The van der Waals surface area contributed by atoms with E-state index in [0.29, 0.717) is 5.02 Å². The fraction of sp³-hybridized carbons (Fsp3) is 0.100. The summed E-state index contributed by atoms with van der Waals surface area (Å²) in [6.45, 7) is 2.06. The van der Waals surface area contributed by atoms with Gasteiger partial charge in [0.1, 0.15) is 5.56 Å². The van der Waals surface area contributed by atoms with Crippen LogP contribution < -0.4 is 10.4 Å². The van der Waals surface area contributed by atoms with Gasteiger partial charge in [-0.25, -0.2) is 5.43 Å². The second kappa shape index (κ2) is 11.3. The monoisotopic (exact) mass is 537 g/mol. The van der Waals surface area contributed by atoms with Gasteiger partial charge in [0.05, 0.1) is 28.6 Å². The molecule has 4 aromatic carbocycles. The molecule has 1 unspecified atom stereocenters. The molecule has 1 aliphatic rings. The molecule has 0 spiro atoms. The highest BCUT2D eigenvalue weighted by atomic mass is 35.5. The molecule has 0 aliphatic carbocycles. The standard InChI is InChI=1S/C30H24ClN5O3/c1-20-6-10-22(11-7-20)27-18-29(23-12-14-24(31)15-13-23)35(34-27)25-16-8-21(9-17-25)19-32-33-30(37)26-4-2-3-5-28(26)36(38)39/h2-17,19,29H,18H2,1H3,(H,33,37)/b32-19-. The Hall–Kier alpha value is -4.82. The van der Waals surface area contributed by atoms with Crippen molar-refractivity contribution in [3.8, 4) is 0 Å². The molecule has 0 fully saturated rings. The van der Waals surface area contributed by atoms with Crippen LogP contribution in [0.1, 0.15) is 45.1 Å². The number of para-hydroxylation sites is 1. The van der Waals surface area contributed by atoms with Crippen molar-refractivity contribution in [1.29, 1.82) is 0 Å². The van der Waals surface area contributed by atoms with Gasteiger partial charge >= 0.3 is 0 Å². The number of nitro benzene ring substituents is 1. The second-order valence-electron chi connectivity index (χ2n) is 9.09. The van der Waals surface area contributed by atoms with Gasteiger partial charge in [0.25, 0.3) is 11.6 Å². The Balaban J connectivity index is 1.35. The minimum atomic E-state index is -0.656. The van der Waals surface area contributed by atoms with Crippen LogP contribution in [0.3, 0.4) is 0 Å². The number of rotatable bonds is 7. The average molecular weight is 538 g/mol. The Morgan fingerprint density at radius 3 is 2.41 bits per heavy atom. The SMILES string of the molecule is Cc1ccc(C2=NN(c3ccc(/C=N\NC(=O)c4ccccc4[N+](=O)[O-])cc3)C(c3ccc(Cl)cc3)C2)cc1. The minimum Gasteiger partial charge on any atom is -0.267 e. The zero-order valence-electron chi connectivity index (χ0n) is 21.0. The first-order valence-corrected chi connectivity index (χ1v) is 12.6. The van der Waals surface area contributed by atoms with Crippen molar-refractivity contribution in [2.75, 3.05) is 5.01 Å². The van der Waals surface area contributed by atoms with Crippen molar-refractivity contribution in [1.82, 2.24) is 5.43 Å². The van der Waals surface area contributed by atoms with Crippen molar-refractivity contribution in [2.24, 2.45) is 10.2 Å². The molecule has 0 bridgehead atoms. The lowest BCUT2D eigenvalue weighted by atomic mass is 9.98. The molecule has 0 aromatic heterocycles. The molecule has 4 aromatic rings. The normalized spacial score (nSPS) is 14.9. The van der Waals surface area contributed by atoms with Crippen molar-refractivity contribution < 1.29 is 9.72 Å². The zero-order chi connectivity index (χ0) is 27.4. The Labute approximate surface area is 230 Å². The van der Waals surface area contributed by atoms with Gasteiger partial charge in [-0.15, -0.1) is 0 Å². The van der Waals surface area contributed by atoms with E-state index in [2.05, 4.69) is 41.7 Å². The maximum atomic E-state index is 12.4. The number of hydrogen-bond donors (Lipinski definition) is 1. The summed E-state index contributed by atoms with van der Waals surface area (Å²) in [5.41, 5.74) is 8.05. The van der Waals surface area contributed by atoms with E-state index in [1.165, 1.54) is 30.0 Å². The van der Waals surface area contributed by atoms with Gasteiger partial charge in [0, 0.05) is 17.5 Å². The first-order valence-electron chi connectivity index (χ1n) is 12.2. The van der Waals surface area contributed by atoms with Crippen molar-refractivity contribution >= 4 is 40.8 Å². The summed E-state index contributed by atoms with van der Waals surface area (Å²) < 4.78 is 0. The minimum absolute atomic E-state index is 0.000891. The lowest BCUT2D eigenvalue weighted by Crippen LogP contribution is -2.19. The Kier molecular flexibility index (Phi) is 7.47. The highest BCUT2D eigenvalue weighted by Crippen LogP contribution is 2.37. The Morgan fingerprint density at radius 2 is 1.72 bits per heavy atom. The van der Waals surface area contributed by atoms with E-state index in [-0.39, 0.29) is 17.3 Å². The van der Waals surface area contributed by atoms with E-state index in [4.69, 9.17) is 16.7 Å². The van der Waals surface area contributed by atoms with Gasteiger partial charge in [0.2, 0.25) is 0 Å². The average Bonchev–Trinajstić information content (AvgIpc) is 3.39. The number of hydrogen-bond acceptors (Lipinski definition) is 6. The number of nitrogens with zero attached hydrogens (tertiary/aromatic N) is 4. The van der Waals surface area contributed by atoms with Crippen LogP contribution in [0.2, 0.25) is 5.02 Å². The largest absolute Gasteiger partial charge is 0.282 e. The van der Waals surface area contributed by atoms with Gasteiger partial charge in [-0.2, -0.15) is 10.2 Å². The van der Waals surface area contributed by atoms with E-state index in [1.54, 1.807) is 6.07 Å². The van der Waals surface area contributed by atoms with Crippen molar-refractivity contribution in [2.45, 2.75) is 19.4 Å². The number of nitro groups is 1. The summed E-state index contributed by atoms with van der Waals surface area (Å²) >= 11 is 6.14. The maximum absolute atomic E-state index is 12.4. The molecule has 1 aliphatic heterocycles. The maximum Gasteiger partial charge on any atom is 0.282 e. The number of nitrogens with one attached hydrogen (secondary N) is 1. The predicted octanol–water partition coefficient (Wildman–Crippen LogP) is 6.68. The smallest absolute Gasteiger partial charge is 0.267 e. The summed E-state index contributed by atoms with van der Waals surface area (Å²) in [5, 5.41) is 22.8. The molecule has 194 valence electrons. The summed E-state index contributed by atoms with van der Waals surface area (Å²) in [5.74, 6) is -0.656. The van der Waals surface area contributed by atoms with Crippen LogP contribution in [-0.4, -0.2) is 22.8 Å². The molecule has 1 amide bonds. The van der Waals surface area contributed by atoms with E-state index in [9.17, 15) is 14.9 Å². The number of halogens is 1. The van der Waals surface area contributed by atoms with Crippen LogP contribution >= 0.6 is 11.6 Å². The molecule has 1 heterocycles. The van der Waals surface area contributed by atoms with Gasteiger partial charge in [-0.3, -0.25) is 19.9 Å². The zero-order valence-corrected chi connectivity index (χ0v) is 21.7. The number of anilines is 1. The third kappa shape index (κ3) is 5.86. The van der Waals surface area contributed by atoms with Crippen LogP contribution in [0.5, 0.6) is 0 Å². The molecular weight excluding hydrogens is 514 g/mol. The summed E-state index contributed by atoms with van der Waals surface area (Å²) in [6, 6.07) is 29.5. The Bertz CT molecular complexity index is 1570. The molecule has 0 saturated carbocycles. The molecule has 0 radical (unpaired) electrons. The predicted molar refractivity (Wildman–Crippen MR) is 154 cm³/mol. The van der Waals surface area contributed by atoms with Crippen LogP contribution in [0.15, 0.2) is 107 Å². The fourth-order valence-electron chi connectivity index (χ4n) is 4.38. The summed E-state index contributed by atoms with van der Waals surface area (Å²) in [4.78, 5) is 23.0. The first kappa shape index (κ1) is 25.8. The van der Waals surface area contributed by atoms with Gasteiger partial charge < -0.3 is 0 Å². The highest BCUT2D eigenvalue weighted by molar-refractivity contribution is 6.30. The first-order chi connectivity index (χ1) is 18.9. The van der Waals surface area contributed by atoms with Crippen molar-refractivity contribution in [3.63, 3.8) is 0 Å². The molecule has 39 heavy (non-hydrogen) atoms. The van der Waals surface area contributed by atoms with Gasteiger partial charge in [0.15, 0.2) is 0 Å². The number of aryl methyl sites for hydroxylation is 1. The third-order valence-corrected chi connectivity index (χ3v) is 6.68. The molecule has 0 saturated heterocycles. The van der Waals surface area contributed by atoms with E-state index >= 15 is 0 Å². The number of benzene rings is 4. The third-order valence-electron chi connectivity index (χ3n) is 6.43. The second-order valence-corrected chi connectivity index (χ2v) is 9.53. The lowest BCUT2D eigenvalue weighted by molar-refractivity contribution is -0.385. The van der Waals surface area contributed by atoms with Crippen LogP contribution in [0.25, 0.3) is 0 Å². The van der Waals surface area contributed by atoms with E-state index in [1.807, 2.05) is 53.5 Å². The topological polar surface area (TPSA) is 100 Å². The highest BCUT2D eigenvalue weighted by Gasteiger charge is 2.30. The molecular formula is C30H24ClN5O3. The van der Waals surface area contributed by atoms with Gasteiger partial charge in [-0.1, -0.05) is 77.8 Å². The number of carbonyl (C=O) groups is 1. The molecule has 1 N–H and O–H groups in total. The Morgan fingerprint density at radius 1 is 1.03 bits per heavy atom. The van der Waals surface area contributed by atoms with Crippen LogP contribution in [-0.2, 0) is 0 Å². The summed E-state index contributed by atoms with van der Waals surface area (Å²) in [7, 11) is 0.